The first-order valence-electron chi connectivity index (χ1n) is 8.75. The summed E-state index contributed by atoms with van der Waals surface area (Å²) in [6.45, 7) is -1.33. The Kier molecular flexibility index (Phi) is 4.68. The van der Waals surface area contributed by atoms with Gasteiger partial charge in [0.2, 0.25) is 11.7 Å². The van der Waals surface area contributed by atoms with Gasteiger partial charge in [-0.1, -0.05) is 11.2 Å². The van der Waals surface area contributed by atoms with Crippen molar-refractivity contribution < 1.29 is 22.5 Å². The van der Waals surface area contributed by atoms with Gasteiger partial charge in [-0.2, -0.15) is 23.3 Å². The number of aromatic nitrogens is 5. The lowest BCUT2D eigenvalue weighted by Gasteiger charge is -2.11. The van der Waals surface area contributed by atoms with Crippen LogP contribution in [0.4, 0.5) is 18.9 Å². The number of nitrogens with two attached hydrogens (primary N) is 1. The number of amides is 1. The molecule has 1 amide bonds. The first-order chi connectivity index (χ1) is 14.2. The monoisotopic (exact) mass is 419 g/mol. The molecule has 156 valence electrons. The molecule has 0 fully saturated rings. The second kappa shape index (κ2) is 7.21. The Morgan fingerprint density at radius 2 is 2.13 bits per heavy atom. The topological polar surface area (TPSA) is 117 Å². The number of rotatable bonds is 5. The van der Waals surface area contributed by atoms with E-state index in [9.17, 15) is 18.0 Å². The van der Waals surface area contributed by atoms with Crippen LogP contribution in [0, 0.1) is 0 Å². The molecule has 3 aromatic heterocycles. The van der Waals surface area contributed by atoms with Gasteiger partial charge in [-0.05, 0) is 18.2 Å². The molecule has 1 aromatic carbocycles. The van der Waals surface area contributed by atoms with E-state index in [1.165, 1.54) is 29.2 Å². The first-order valence-corrected chi connectivity index (χ1v) is 8.75. The highest BCUT2D eigenvalue weighted by atomic mass is 19.4. The normalized spacial score (nSPS) is 11.9. The van der Waals surface area contributed by atoms with E-state index in [4.69, 9.17) is 10.3 Å². The predicted molar refractivity (Wildman–Crippen MR) is 100 cm³/mol. The number of benzene rings is 1. The van der Waals surface area contributed by atoms with E-state index < -0.39 is 18.6 Å². The summed E-state index contributed by atoms with van der Waals surface area (Å²) in [5.41, 5.74) is 7.00. The van der Waals surface area contributed by atoms with Gasteiger partial charge in [0.25, 0.3) is 5.91 Å². The minimum absolute atomic E-state index is 0.0408. The highest BCUT2D eigenvalue weighted by Gasteiger charge is 2.31. The Morgan fingerprint density at radius 3 is 2.83 bits per heavy atom. The summed E-state index contributed by atoms with van der Waals surface area (Å²) < 4.78 is 47.1. The number of nitrogens with one attached hydrogen (secondary N) is 1. The molecule has 0 bridgehead atoms. The first kappa shape index (κ1) is 19.5. The maximum Gasteiger partial charge on any atom is 0.406 e. The quantitative estimate of drug-likeness (QED) is 0.480. The van der Waals surface area contributed by atoms with Gasteiger partial charge in [0.05, 0.1) is 29.5 Å². The Labute approximate surface area is 167 Å². The minimum atomic E-state index is -4.46. The average Bonchev–Trinajstić information content (AvgIpc) is 3.38. The highest BCUT2D eigenvalue weighted by Crippen LogP contribution is 2.32. The van der Waals surface area contributed by atoms with Crippen LogP contribution in [0.2, 0.25) is 0 Å². The number of alkyl halides is 3. The third-order valence-electron chi connectivity index (χ3n) is 4.38. The molecule has 4 rings (SSSR count). The molecule has 3 N–H and O–H groups in total. The summed E-state index contributed by atoms with van der Waals surface area (Å²) in [5, 5.41) is 10.7. The summed E-state index contributed by atoms with van der Waals surface area (Å²) in [7, 11) is 1.67. The molecule has 0 aliphatic rings. The van der Waals surface area contributed by atoms with Gasteiger partial charge in [-0.15, -0.1) is 0 Å². The average molecular weight is 419 g/mol. The second-order valence-electron chi connectivity index (χ2n) is 6.61. The number of anilines is 1. The molecule has 30 heavy (non-hydrogen) atoms. The maximum atomic E-state index is 13.2. The molecule has 4 aromatic rings. The Bertz CT molecular complexity index is 1220. The molecule has 0 radical (unpaired) electrons. The smallest absolute Gasteiger partial charge is 0.398 e. The van der Waals surface area contributed by atoms with Crippen LogP contribution in [-0.4, -0.2) is 36.6 Å². The minimum Gasteiger partial charge on any atom is -0.398 e. The number of carbonyl (C=O) groups excluding carboxylic acids is 1. The Morgan fingerprint density at radius 1 is 1.33 bits per heavy atom. The van der Waals surface area contributed by atoms with Crippen LogP contribution in [0.25, 0.3) is 22.4 Å². The van der Waals surface area contributed by atoms with Crippen molar-refractivity contribution in [1.82, 2.24) is 29.8 Å². The van der Waals surface area contributed by atoms with Crippen LogP contribution in [0.3, 0.4) is 0 Å². The van der Waals surface area contributed by atoms with Crippen LogP contribution >= 0.6 is 0 Å². The van der Waals surface area contributed by atoms with Crippen LogP contribution in [0.5, 0.6) is 0 Å². The lowest BCUT2D eigenvalue weighted by Crippen LogP contribution is -2.22. The zero-order valence-electron chi connectivity index (χ0n) is 15.6. The fraction of sp³-hybridized carbons (Fsp3) is 0.222. The molecule has 0 aliphatic heterocycles. The maximum absolute atomic E-state index is 13.2. The third-order valence-corrected chi connectivity index (χ3v) is 4.38. The molecule has 0 saturated carbocycles. The van der Waals surface area contributed by atoms with Crippen molar-refractivity contribution in [3.8, 4) is 11.5 Å². The van der Waals surface area contributed by atoms with E-state index in [0.717, 1.165) is 4.57 Å². The Hall–Kier alpha value is -3.83. The number of hydrogen-bond acceptors (Lipinski definition) is 6. The van der Waals surface area contributed by atoms with E-state index in [1.54, 1.807) is 19.2 Å². The van der Waals surface area contributed by atoms with Crippen molar-refractivity contribution in [3.63, 3.8) is 0 Å². The van der Waals surface area contributed by atoms with Crippen molar-refractivity contribution in [2.75, 3.05) is 5.73 Å². The van der Waals surface area contributed by atoms with Crippen LogP contribution < -0.4 is 11.1 Å². The van der Waals surface area contributed by atoms with Gasteiger partial charge in [0.15, 0.2) is 0 Å². The lowest BCUT2D eigenvalue weighted by atomic mass is 10.2. The van der Waals surface area contributed by atoms with Gasteiger partial charge in [-0.3, -0.25) is 9.48 Å². The van der Waals surface area contributed by atoms with Crippen molar-refractivity contribution in [3.05, 3.63) is 48.1 Å². The molecular formula is C18H16F3N7O2. The molecule has 0 aliphatic carbocycles. The number of nitrogen functional groups attached to an aromatic ring is 1. The van der Waals surface area contributed by atoms with Crippen LogP contribution in [-0.2, 0) is 20.1 Å². The number of hydrogen-bond donors (Lipinski definition) is 2. The number of nitrogens with zero attached hydrogens (tertiary/aromatic N) is 5. The highest BCUT2D eigenvalue weighted by molar-refractivity contribution is 5.95. The predicted octanol–water partition coefficient (Wildman–Crippen LogP) is 2.50. The number of carbonyl (C=O) groups is 1. The van der Waals surface area contributed by atoms with Crippen LogP contribution in [0.1, 0.15) is 16.2 Å². The summed E-state index contributed by atoms with van der Waals surface area (Å²) in [4.78, 5) is 16.2. The van der Waals surface area contributed by atoms with Gasteiger partial charge < -0.3 is 20.1 Å². The van der Waals surface area contributed by atoms with Crippen LogP contribution in [0.15, 0.2) is 41.2 Å². The number of fused-ring (bicyclic) bond motifs is 1. The molecule has 0 atom stereocenters. The molecule has 0 unspecified atom stereocenters. The van der Waals surface area contributed by atoms with E-state index in [-0.39, 0.29) is 24.0 Å². The molecule has 0 spiro atoms. The number of halogens is 3. The number of aryl methyl sites for hydroxylation is 1. The second-order valence-corrected chi connectivity index (χ2v) is 6.61. The van der Waals surface area contributed by atoms with E-state index in [0.29, 0.717) is 22.2 Å². The summed E-state index contributed by atoms with van der Waals surface area (Å²) in [6, 6.07) is 6.19. The van der Waals surface area contributed by atoms with Crippen molar-refractivity contribution in [2.24, 2.45) is 7.05 Å². The fourth-order valence-corrected chi connectivity index (χ4v) is 3.07. The van der Waals surface area contributed by atoms with E-state index in [2.05, 4.69) is 20.6 Å². The molecular weight excluding hydrogens is 403 g/mol. The summed E-state index contributed by atoms with van der Waals surface area (Å²) >= 11 is 0. The van der Waals surface area contributed by atoms with Crippen molar-refractivity contribution in [2.45, 2.75) is 19.3 Å². The molecule has 0 saturated heterocycles. The summed E-state index contributed by atoms with van der Waals surface area (Å²) in [6.07, 6.45) is -1.53. The Balaban J connectivity index is 1.61. The fourth-order valence-electron chi connectivity index (χ4n) is 3.07. The van der Waals surface area contributed by atoms with Gasteiger partial charge in [-0.25, -0.2) is 0 Å². The standard InChI is InChI=1S/C18H16F3N7O2/c1-27-8-10(6-24-27)17(29)23-7-15-25-16(26-30-15)14-5-11-12(22)3-2-4-13(11)28(14)9-18(19,20)21/h2-6,8H,7,9,22H2,1H3,(H,23,29). The largest absolute Gasteiger partial charge is 0.406 e. The SMILES string of the molecule is Cn1cc(C(=O)NCc2nc(-c3cc4c(N)cccc4n3CC(F)(F)F)no2)cn1. The molecule has 3 heterocycles. The lowest BCUT2D eigenvalue weighted by molar-refractivity contribution is -0.139. The molecule has 12 heteroatoms. The van der Waals surface area contributed by atoms with Crippen molar-refractivity contribution >= 4 is 22.5 Å². The zero-order chi connectivity index (χ0) is 21.5. The van der Waals surface area contributed by atoms with Gasteiger partial charge in [0.1, 0.15) is 6.54 Å². The summed E-state index contributed by atoms with van der Waals surface area (Å²) in [5.74, 6) is -0.402. The third kappa shape index (κ3) is 3.83. The van der Waals surface area contributed by atoms with Crippen molar-refractivity contribution in [1.29, 1.82) is 0 Å². The molecule has 9 nitrogen and oxygen atoms in total. The van der Waals surface area contributed by atoms with E-state index in [1.807, 2.05) is 0 Å². The van der Waals surface area contributed by atoms with E-state index >= 15 is 0 Å². The zero-order valence-corrected chi connectivity index (χ0v) is 15.6. The van der Waals surface area contributed by atoms with Gasteiger partial charge >= 0.3 is 6.18 Å². The van der Waals surface area contributed by atoms with Gasteiger partial charge in [0, 0.05) is 24.3 Å².